The van der Waals surface area contributed by atoms with Crippen LogP contribution in [0.25, 0.3) is 0 Å². The molecule has 0 radical (unpaired) electrons. The van der Waals surface area contributed by atoms with Gasteiger partial charge in [0.15, 0.2) is 0 Å². The van der Waals surface area contributed by atoms with Crippen LogP contribution in [0, 0.1) is 0 Å². The lowest BCUT2D eigenvalue weighted by Crippen LogP contribution is -3.00. The van der Waals surface area contributed by atoms with Crippen LogP contribution in [-0.4, -0.2) is 31.7 Å². The van der Waals surface area contributed by atoms with Gasteiger partial charge in [0.05, 0.1) is 27.2 Å². The van der Waals surface area contributed by atoms with Crippen LogP contribution < -0.4 is 17.0 Å². The molecule has 134 valence electrons. The lowest BCUT2D eigenvalue weighted by atomic mass is 10.0. The smallest absolute Gasteiger partial charge is 0.0966 e. The van der Waals surface area contributed by atoms with Crippen molar-refractivity contribution in [3.63, 3.8) is 0 Å². The molecule has 2 heteroatoms. The molecule has 22 heavy (non-hydrogen) atoms. The van der Waals surface area contributed by atoms with Crippen molar-refractivity contribution in [2.45, 2.75) is 90.4 Å². The molecular weight excluding hydrogens is 334 g/mol. The number of unbranched alkanes of at least 4 members (excludes halogenated alkanes) is 12. The molecule has 0 aliphatic rings. The van der Waals surface area contributed by atoms with Crippen LogP contribution in [0.2, 0.25) is 0 Å². The second-order valence-corrected chi connectivity index (χ2v) is 7.37. The molecule has 0 aliphatic carbocycles. The van der Waals surface area contributed by atoms with Crippen LogP contribution >= 0.6 is 0 Å². The lowest BCUT2D eigenvalue weighted by Gasteiger charge is -2.28. The number of hydrogen-bond acceptors (Lipinski definition) is 0. The number of rotatable bonds is 16. The van der Waals surface area contributed by atoms with Gasteiger partial charge in [-0.1, -0.05) is 84.1 Å². The topological polar surface area (TPSA) is 0 Å². The predicted octanol–water partition coefficient (Wildman–Crippen LogP) is 3.34. The van der Waals surface area contributed by atoms with Gasteiger partial charge in [-0.2, -0.15) is 0 Å². The molecule has 0 spiro atoms. The fraction of sp³-hybridized carbons (Fsp3) is 0.900. The van der Waals surface area contributed by atoms with Gasteiger partial charge >= 0.3 is 0 Å². The van der Waals surface area contributed by atoms with E-state index in [1.807, 2.05) is 6.08 Å². The molecule has 0 aliphatic heterocycles. The third-order valence-corrected chi connectivity index (χ3v) is 4.49. The molecule has 0 N–H and O–H groups in total. The van der Waals surface area contributed by atoms with Crippen LogP contribution in [0.3, 0.4) is 0 Å². The van der Waals surface area contributed by atoms with Crippen molar-refractivity contribution < 1.29 is 21.5 Å². The first-order chi connectivity index (χ1) is 10.1. The monoisotopic (exact) mass is 375 g/mol. The second-order valence-electron chi connectivity index (χ2n) is 7.37. The summed E-state index contributed by atoms with van der Waals surface area (Å²) < 4.78 is 1.10. The van der Waals surface area contributed by atoms with Crippen molar-refractivity contribution in [2.24, 2.45) is 0 Å². The van der Waals surface area contributed by atoms with Crippen LogP contribution in [0.1, 0.15) is 90.4 Å². The SMILES string of the molecule is C=CC[N+](C)(C)CCCCCCCCCCCCCCC.[Br-]. The fourth-order valence-electron chi connectivity index (χ4n) is 3.00. The van der Waals surface area contributed by atoms with Crippen LogP contribution in [0.15, 0.2) is 12.7 Å². The van der Waals surface area contributed by atoms with Gasteiger partial charge in [0.25, 0.3) is 0 Å². The minimum absolute atomic E-state index is 0. The normalized spacial score (nSPS) is 11.2. The van der Waals surface area contributed by atoms with Crippen LogP contribution in [-0.2, 0) is 0 Å². The Balaban J connectivity index is 0. The van der Waals surface area contributed by atoms with Gasteiger partial charge in [0, 0.05) is 0 Å². The summed E-state index contributed by atoms with van der Waals surface area (Å²) in [6, 6.07) is 0. The largest absolute Gasteiger partial charge is 1.00 e. The van der Waals surface area contributed by atoms with Crippen molar-refractivity contribution in [1.29, 1.82) is 0 Å². The Morgan fingerprint density at radius 1 is 0.682 bits per heavy atom. The first-order valence-electron chi connectivity index (χ1n) is 9.55. The zero-order chi connectivity index (χ0) is 15.8. The van der Waals surface area contributed by atoms with Crippen molar-refractivity contribution >= 4 is 0 Å². The van der Waals surface area contributed by atoms with Gasteiger partial charge in [-0.3, -0.25) is 0 Å². The highest BCUT2D eigenvalue weighted by atomic mass is 79.9. The van der Waals surface area contributed by atoms with Gasteiger partial charge in [-0.05, 0) is 18.9 Å². The lowest BCUT2D eigenvalue weighted by molar-refractivity contribution is -0.884. The van der Waals surface area contributed by atoms with E-state index in [9.17, 15) is 0 Å². The van der Waals surface area contributed by atoms with Gasteiger partial charge in [-0.15, -0.1) is 0 Å². The molecule has 1 nitrogen and oxygen atoms in total. The molecule has 0 rings (SSSR count). The molecular formula is C20H42BrN. The molecule has 0 aromatic heterocycles. The van der Waals surface area contributed by atoms with Crippen molar-refractivity contribution in [3.8, 4) is 0 Å². The Labute approximate surface area is 151 Å². The van der Waals surface area contributed by atoms with Gasteiger partial charge in [-0.25, -0.2) is 0 Å². The average Bonchev–Trinajstić information content (AvgIpc) is 2.44. The Morgan fingerprint density at radius 2 is 1.05 bits per heavy atom. The molecule has 0 heterocycles. The van der Waals surface area contributed by atoms with Gasteiger partial charge in [0.2, 0.25) is 0 Å². The summed E-state index contributed by atoms with van der Waals surface area (Å²) in [6.45, 7) is 8.53. The van der Waals surface area contributed by atoms with E-state index in [0.29, 0.717) is 0 Å². The first kappa shape index (κ1) is 24.4. The molecule has 0 aromatic rings. The molecule has 0 fully saturated rings. The number of hydrogen-bond donors (Lipinski definition) is 0. The van der Waals surface area contributed by atoms with Crippen LogP contribution in [0.4, 0.5) is 0 Å². The summed E-state index contributed by atoms with van der Waals surface area (Å²) in [5, 5.41) is 0. The van der Waals surface area contributed by atoms with E-state index in [0.717, 1.165) is 11.0 Å². The first-order valence-corrected chi connectivity index (χ1v) is 9.55. The summed E-state index contributed by atoms with van der Waals surface area (Å²) >= 11 is 0. The highest BCUT2D eigenvalue weighted by molar-refractivity contribution is 4.64. The molecule has 0 saturated carbocycles. The van der Waals surface area contributed by atoms with Gasteiger partial charge < -0.3 is 21.5 Å². The molecule has 0 aromatic carbocycles. The Morgan fingerprint density at radius 3 is 1.41 bits per heavy atom. The summed E-state index contributed by atoms with van der Waals surface area (Å²) in [5.74, 6) is 0. The number of likely N-dealkylation sites (N-methyl/N-ethyl adjacent to an activating group) is 1. The van der Waals surface area contributed by atoms with E-state index in [1.165, 1.54) is 90.0 Å². The highest BCUT2D eigenvalue weighted by Crippen LogP contribution is 2.13. The van der Waals surface area contributed by atoms with Gasteiger partial charge in [0.1, 0.15) is 0 Å². The third kappa shape index (κ3) is 18.2. The zero-order valence-electron chi connectivity index (χ0n) is 15.7. The van der Waals surface area contributed by atoms with E-state index < -0.39 is 0 Å². The minimum atomic E-state index is 0. The van der Waals surface area contributed by atoms with Crippen LogP contribution in [0.5, 0.6) is 0 Å². The summed E-state index contributed by atoms with van der Waals surface area (Å²) in [7, 11) is 4.62. The Hall–Kier alpha value is 0.180. The van der Waals surface area contributed by atoms with E-state index in [4.69, 9.17) is 0 Å². The molecule has 0 amide bonds. The maximum Gasteiger partial charge on any atom is 0.0966 e. The number of nitrogens with zero attached hydrogens (tertiary/aromatic N) is 1. The van der Waals surface area contributed by atoms with Crippen molar-refractivity contribution in [3.05, 3.63) is 12.7 Å². The minimum Gasteiger partial charge on any atom is -1.00 e. The second kappa shape index (κ2) is 17.5. The van der Waals surface area contributed by atoms with Crippen molar-refractivity contribution in [1.82, 2.24) is 0 Å². The number of quaternary nitrogens is 1. The molecule has 0 bridgehead atoms. The maximum atomic E-state index is 3.84. The fourth-order valence-corrected chi connectivity index (χ4v) is 3.00. The van der Waals surface area contributed by atoms with E-state index >= 15 is 0 Å². The standard InChI is InChI=1S/C20H42N.BrH/c1-5-7-8-9-10-11-12-13-14-15-16-17-18-20-21(3,4)19-6-2;/h6H,2,5,7-20H2,1,3-4H3;1H/q+1;/p-1. The maximum absolute atomic E-state index is 3.84. The highest BCUT2D eigenvalue weighted by Gasteiger charge is 2.10. The molecule has 0 saturated heterocycles. The summed E-state index contributed by atoms with van der Waals surface area (Å²) in [5.41, 5.74) is 0. The zero-order valence-corrected chi connectivity index (χ0v) is 17.3. The number of halogens is 1. The quantitative estimate of drug-likeness (QED) is 0.220. The molecule has 0 atom stereocenters. The van der Waals surface area contributed by atoms with E-state index in [1.54, 1.807) is 0 Å². The Kier molecular flexibility index (Phi) is 19.5. The molecule has 0 unspecified atom stereocenters. The average molecular weight is 376 g/mol. The Bertz CT molecular complexity index is 226. The third-order valence-electron chi connectivity index (χ3n) is 4.49. The van der Waals surface area contributed by atoms with E-state index in [-0.39, 0.29) is 17.0 Å². The summed E-state index contributed by atoms with van der Waals surface area (Å²) in [4.78, 5) is 0. The van der Waals surface area contributed by atoms with E-state index in [2.05, 4.69) is 27.6 Å². The summed E-state index contributed by atoms with van der Waals surface area (Å²) in [6.07, 6.45) is 20.8. The van der Waals surface area contributed by atoms with Crippen molar-refractivity contribution in [2.75, 3.05) is 27.2 Å². The predicted molar refractivity (Wildman–Crippen MR) is 97.7 cm³/mol.